The topological polar surface area (TPSA) is 37.3 Å². The number of carboxylic acid groups (broad SMARTS) is 1. The standard InChI is InChI=1S/C2H3O2.Al.ClH.H/c1-2(3)4;;;/h1H2,(H,3,4);;1H;/q;+1;;/p-1. The first kappa shape index (κ1) is 6.29. The van der Waals surface area contributed by atoms with Crippen LogP contribution in [0.4, 0.5) is 0 Å². The van der Waals surface area contributed by atoms with Crippen molar-refractivity contribution in [3.05, 3.63) is 0 Å². The zero-order chi connectivity index (χ0) is 4.99. The lowest BCUT2D eigenvalue weighted by Crippen LogP contribution is -1.93. The highest BCUT2D eigenvalue weighted by Crippen LogP contribution is 1.78. The maximum atomic E-state index is 9.55. The molecule has 0 aliphatic rings. The fourth-order valence-electron chi connectivity index (χ4n) is 0.0808. The summed E-state index contributed by atoms with van der Waals surface area (Å²) in [5.41, 5.74) is 0. The van der Waals surface area contributed by atoms with Crippen molar-refractivity contribution in [2.75, 3.05) is 0 Å². The highest BCUT2D eigenvalue weighted by Gasteiger charge is 1.94. The minimum Gasteiger partial charge on any atom is -0.482 e. The van der Waals surface area contributed by atoms with Crippen molar-refractivity contribution >= 4 is 30.3 Å². The van der Waals surface area contributed by atoms with Crippen molar-refractivity contribution in [2.24, 2.45) is 0 Å². The molecule has 0 aliphatic heterocycles. The summed E-state index contributed by atoms with van der Waals surface area (Å²) in [7, 11) is 5.15. The second-order valence-corrected chi connectivity index (χ2v) is 2.84. The first-order chi connectivity index (χ1) is 2.77. The number of halogens is 1. The Morgan fingerprint density at radius 2 is 2.50 bits per heavy atom. The maximum Gasteiger partial charge on any atom is 0.388 e. The second kappa shape index (κ2) is 3.48. The molecule has 0 rings (SSSR count). The lowest BCUT2D eigenvalue weighted by atomic mass is 10.8. The van der Waals surface area contributed by atoms with Crippen LogP contribution in [0.3, 0.4) is 0 Å². The Kier molecular flexibility index (Phi) is 3.65. The second-order valence-electron chi connectivity index (χ2n) is 0.833. The van der Waals surface area contributed by atoms with Crippen LogP contribution in [-0.4, -0.2) is 25.4 Å². The first-order valence-electron chi connectivity index (χ1n) is 1.55. The molecule has 0 bridgehead atoms. The molecule has 0 fully saturated rings. The molecule has 0 amide bonds. The Morgan fingerprint density at radius 3 is 2.50 bits per heavy atom. The molecule has 34 valence electrons. The largest absolute Gasteiger partial charge is 0.482 e. The molecule has 0 unspecified atom stereocenters. The molecule has 0 spiro atoms. The van der Waals surface area contributed by atoms with Gasteiger partial charge in [-0.05, 0) is 0 Å². The average molecular weight is 122 g/mol. The molecule has 0 aliphatic carbocycles. The van der Waals surface area contributed by atoms with Gasteiger partial charge in [0.2, 0.25) is 0 Å². The number of hydrogen-bond acceptors (Lipinski definition) is 1. The van der Waals surface area contributed by atoms with Crippen LogP contribution in [0.15, 0.2) is 0 Å². The van der Waals surface area contributed by atoms with Crippen molar-refractivity contribution in [1.29, 1.82) is 0 Å². The van der Waals surface area contributed by atoms with Crippen molar-refractivity contribution in [1.82, 2.24) is 0 Å². The smallest absolute Gasteiger partial charge is 0.388 e. The number of hydrogen-bond donors (Lipinski definition) is 1. The average Bonchev–Trinajstić information content (AvgIpc) is 1.35. The summed E-state index contributed by atoms with van der Waals surface area (Å²) in [6.45, 7) is 0. The summed E-state index contributed by atoms with van der Waals surface area (Å²) in [5, 5.41) is 8.06. The summed E-state index contributed by atoms with van der Waals surface area (Å²) < 4.78 is 0. The van der Waals surface area contributed by atoms with E-state index in [1.807, 2.05) is 0 Å². The number of rotatable bonds is 2. The van der Waals surface area contributed by atoms with Gasteiger partial charge in [-0.1, -0.05) is 0 Å². The molecular formula is C2H4AlClO2. The van der Waals surface area contributed by atoms with Crippen molar-refractivity contribution in [2.45, 2.75) is 5.28 Å². The minimum atomic E-state index is -0.781. The van der Waals surface area contributed by atoms with Crippen LogP contribution in [0.25, 0.3) is 0 Å². The third-order valence-corrected chi connectivity index (χ3v) is 1.49. The predicted molar refractivity (Wildman–Crippen MR) is 25.4 cm³/mol. The zero-order valence-corrected chi connectivity index (χ0v) is 5.32. The molecule has 0 aromatic rings. The van der Waals surface area contributed by atoms with Gasteiger partial charge in [0.1, 0.15) is 0 Å². The lowest BCUT2D eigenvalue weighted by molar-refractivity contribution is -0.134. The summed E-state index contributed by atoms with van der Waals surface area (Å²) in [5.74, 6) is -0.781. The van der Waals surface area contributed by atoms with Gasteiger partial charge in [-0.25, -0.2) is 0 Å². The summed E-state index contributed by atoms with van der Waals surface area (Å²) in [6.07, 6.45) is 0. The highest BCUT2D eigenvalue weighted by molar-refractivity contribution is 6.94. The normalized spacial score (nSPS) is 7.50. The molecule has 0 saturated carbocycles. The van der Waals surface area contributed by atoms with E-state index in [1.165, 1.54) is 0 Å². The predicted octanol–water partition coefficient (Wildman–Crippen LogP) is 0.0796. The Hall–Kier alpha value is 0.292. The van der Waals surface area contributed by atoms with Gasteiger partial charge < -0.3 is 5.11 Å². The molecule has 0 heterocycles. The van der Waals surface area contributed by atoms with Crippen LogP contribution in [-0.2, 0) is 4.79 Å². The van der Waals surface area contributed by atoms with Crippen molar-refractivity contribution < 1.29 is 9.90 Å². The van der Waals surface area contributed by atoms with E-state index in [1.54, 1.807) is 0 Å². The molecule has 1 N–H and O–H groups in total. The Morgan fingerprint density at radius 1 is 2.00 bits per heavy atom. The van der Waals surface area contributed by atoms with Gasteiger partial charge >= 0.3 is 14.3 Å². The molecule has 2 nitrogen and oxygen atoms in total. The quantitative estimate of drug-likeness (QED) is 0.527. The minimum absolute atomic E-state index is 0.196. The monoisotopic (exact) mass is 122 g/mol. The number of carbonyl (C=O) groups is 1. The Labute approximate surface area is 46.0 Å². The van der Waals surface area contributed by atoms with Gasteiger partial charge in [0.05, 0.1) is 0 Å². The maximum absolute atomic E-state index is 9.55. The summed E-state index contributed by atoms with van der Waals surface area (Å²) in [4.78, 5) is 9.55. The van der Waals surface area contributed by atoms with Gasteiger partial charge in [-0.2, -0.15) is 0 Å². The van der Waals surface area contributed by atoms with E-state index < -0.39 is 20.3 Å². The Bertz CT molecular complexity index is 55.5. The first-order valence-corrected chi connectivity index (χ1v) is 4.69. The van der Waals surface area contributed by atoms with Gasteiger partial charge in [0, 0.05) is 5.28 Å². The van der Waals surface area contributed by atoms with Crippen LogP contribution in [0.2, 0.25) is 5.28 Å². The summed E-state index contributed by atoms with van der Waals surface area (Å²) in [6, 6.07) is 0. The number of aliphatic carboxylic acids is 1. The summed E-state index contributed by atoms with van der Waals surface area (Å²) >= 11 is -0.761. The van der Waals surface area contributed by atoms with Crippen LogP contribution < -0.4 is 0 Å². The highest BCUT2D eigenvalue weighted by atomic mass is 35.6. The van der Waals surface area contributed by atoms with Gasteiger partial charge in [0.25, 0.3) is 5.97 Å². The van der Waals surface area contributed by atoms with Crippen LogP contribution >= 0.6 is 10.0 Å². The van der Waals surface area contributed by atoms with Crippen LogP contribution in [0.1, 0.15) is 0 Å². The fourth-order valence-corrected chi connectivity index (χ4v) is 0.728. The molecule has 6 heavy (non-hydrogen) atoms. The zero-order valence-electron chi connectivity index (χ0n) is 3.15. The molecule has 4 heteroatoms. The fraction of sp³-hybridized carbons (Fsp3) is 0.500. The van der Waals surface area contributed by atoms with E-state index >= 15 is 0 Å². The van der Waals surface area contributed by atoms with Crippen LogP contribution in [0, 0.1) is 0 Å². The van der Waals surface area contributed by atoms with Gasteiger partial charge in [0.15, 0.2) is 0 Å². The molecule has 0 radical (unpaired) electrons. The van der Waals surface area contributed by atoms with Crippen molar-refractivity contribution in [3.8, 4) is 0 Å². The van der Waals surface area contributed by atoms with E-state index in [9.17, 15) is 4.79 Å². The van der Waals surface area contributed by atoms with Gasteiger partial charge in [-0.3, -0.25) is 14.8 Å². The lowest BCUT2D eigenvalue weighted by Gasteiger charge is -1.75. The van der Waals surface area contributed by atoms with E-state index in [0.29, 0.717) is 0 Å². The van der Waals surface area contributed by atoms with E-state index in [-0.39, 0.29) is 5.28 Å². The van der Waals surface area contributed by atoms with E-state index in [4.69, 9.17) is 15.2 Å². The molecule has 0 saturated heterocycles. The third kappa shape index (κ3) is 4.29. The van der Waals surface area contributed by atoms with Crippen molar-refractivity contribution in [3.63, 3.8) is 0 Å². The SMILES string of the molecule is O=C(O)[CH2][AlH][Cl]. The third-order valence-electron chi connectivity index (χ3n) is 0.308. The van der Waals surface area contributed by atoms with Gasteiger partial charge in [-0.15, -0.1) is 0 Å². The number of carboxylic acids is 1. The molecule has 0 aromatic carbocycles. The Balaban J connectivity index is 2.83. The van der Waals surface area contributed by atoms with E-state index in [2.05, 4.69) is 0 Å². The molecular weight excluding hydrogens is 118 g/mol. The molecule has 0 aromatic heterocycles. The van der Waals surface area contributed by atoms with Crippen LogP contribution in [0.5, 0.6) is 0 Å². The molecule has 0 atom stereocenters. The van der Waals surface area contributed by atoms with E-state index in [0.717, 1.165) is 0 Å².